The maximum Gasteiger partial charge on any atom is 0.250 e. The average molecular weight is 345 g/mol. The minimum absolute atomic E-state index is 0.308. The van der Waals surface area contributed by atoms with Crippen molar-refractivity contribution >= 4 is 16.9 Å². The fraction of sp³-hybridized carbons (Fsp3) is 0.0476. The van der Waals surface area contributed by atoms with E-state index in [1.807, 2.05) is 41.0 Å². The molecule has 0 aliphatic rings. The molecule has 3 aromatic carbocycles. The molecule has 0 saturated carbocycles. The van der Waals surface area contributed by atoms with E-state index in [1.54, 1.807) is 24.3 Å². The van der Waals surface area contributed by atoms with Crippen LogP contribution in [0.15, 0.2) is 72.8 Å². The van der Waals surface area contributed by atoms with Crippen molar-refractivity contribution in [2.45, 2.75) is 6.54 Å². The lowest BCUT2D eigenvalue weighted by Crippen LogP contribution is -2.11. The second-order valence-corrected chi connectivity index (χ2v) is 6.05. The minimum Gasteiger partial charge on any atom is -0.366 e. The molecule has 1 heterocycles. The molecule has 1 amide bonds. The molecule has 0 bridgehead atoms. The van der Waals surface area contributed by atoms with E-state index in [-0.39, 0.29) is 5.82 Å². The third-order valence-electron chi connectivity index (χ3n) is 4.33. The van der Waals surface area contributed by atoms with Crippen molar-refractivity contribution in [1.29, 1.82) is 0 Å². The van der Waals surface area contributed by atoms with Gasteiger partial charge in [0.25, 0.3) is 5.91 Å². The van der Waals surface area contributed by atoms with Gasteiger partial charge in [-0.25, -0.2) is 9.37 Å². The Balaban J connectivity index is 1.96. The van der Waals surface area contributed by atoms with Gasteiger partial charge in [0.05, 0.1) is 11.1 Å². The number of nitrogens with two attached hydrogens (primary N) is 1. The molecule has 26 heavy (non-hydrogen) atoms. The molecule has 4 rings (SSSR count). The Kier molecular flexibility index (Phi) is 3.97. The molecule has 0 radical (unpaired) electrons. The third-order valence-corrected chi connectivity index (χ3v) is 4.33. The Labute approximate surface area is 149 Å². The normalized spacial score (nSPS) is 11.0. The summed E-state index contributed by atoms with van der Waals surface area (Å²) in [6.45, 7) is 0.576. The molecular formula is C21H16FN3O. The Hall–Kier alpha value is -3.47. The zero-order valence-electron chi connectivity index (χ0n) is 13.9. The second-order valence-electron chi connectivity index (χ2n) is 6.05. The van der Waals surface area contributed by atoms with Gasteiger partial charge in [0.2, 0.25) is 0 Å². The lowest BCUT2D eigenvalue weighted by Gasteiger charge is -2.10. The molecule has 0 aliphatic carbocycles. The summed E-state index contributed by atoms with van der Waals surface area (Å²) in [4.78, 5) is 16.5. The molecular weight excluding hydrogens is 329 g/mol. The molecule has 0 saturated heterocycles. The molecule has 0 atom stereocenters. The van der Waals surface area contributed by atoms with E-state index in [2.05, 4.69) is 4.98 Å². The molecule has 0 spiro atoms. The highest BCUT2D eigenvalue weighted by atomic mass is 19.1. The molecule has 1 aromatic heterocycles. The van der Waals surface area contributed by atoms with Crippen LogP contribution in [-0.2, 0) is 6.54 Å². The van der Waals surface area contributed by atoms with E-state index in [0.29, 0.717) is 23.4 Å². The summed E-state index contributed by atoms with van der Waals surface area (Å²) in [6.07, 6.45) is 0. The predicted octanol–water partition coefficient (Wildman–Crippen LogP) is 3.99. The van der Waals surface area contributed by atoms with Gasteiger partial charge < -0.3 is 10.3 Å². The fourth-order valence-electron chi connectivity index (χ4n) is 3.09. The number of amides is 1. The zero-order chi connectivity index (χ0) is 18.1. The summed E-state index contributed by atoms with van der Waals surface area (Å²) >= 11 is 0. The van der Waals surface area contributed by atoms with Gasteiger partial charge >= 0.3 is 0 Å². The van der Waals surface area contributed by atoms with E-state index < -0.39 is 5.91 Å². The minimum atomic E-state index is -0.523. The van der Waals surface area contributed by atoms with Crippen molar-refractivity contribution in [3.05, 3.63) is 89.7 Å². The first kappa shape index (κ1) is 16.0. The molecule has 0 aliphatic heterocycles. The third kappa shape index (κ3) is 2.84. The number of hydrogen-bond donors (Lipinski definition) is 1. The molecule has 2 N–H and O–H groups in total. The van der Waals surface area contributed by atoms with Crippen molar-refractivity contribution in [1.82, 2.24) is 9.55 Å². The molecule has 0 fully saturated rings. The first-order chi connectivity index (χ1) is 12.6. The molecule has 4 aromatic rings. The number of rotatable bonds is 4. The molecule has 128 valence electrons. The number of carbonyl (C=O) groups is 1. The van der Waals surface area contributed by atoms with Crippen molar-refractivity contribution in [3.63, 3.8) is 0 Å². The standard InChI is InChI=1S/C21H16FN3O/c22-16-11-9-15(10-12-16)21-24-19-17(20(23)26)7-4-8-18(19)25(21)13-14-5-2-1-3-6-14/h1-12H,13H2,(H2,23,26). The molecule has 5 heteroatoms. The topological polar surface area (TPSA) is 60.9 Å². The van der Waals surface area contributed by atoms with Crippen LogP contribution in [0.1, 0.15) is 15.9 Å². The highest BCUT2D eigenvalue weighted by Crippen LogP contribution is 2.28. The van der Waals surface area contributed by atoms with Crippen LogP contribution >= 0.6 is 0 Å². The number of imidazole rings is 1. The maximum absolute atomic E-state index is 13.3. The van der Waals surface area contributed by atoms with Gasteiger partial charge in [-0.1, -0.05) is 36.4 Å². The average Bonchev–Trinajstić information content (AvgIpc) is 3.01. The largest absolute Gasteiger partial charge is 0.366 e. The number of nitrogens with zero attached hydrogens (tertiary/aromatic N) is 2. The summed E-state index contributed by atoms with van der Waals surface area (Å²) in [5.41, 5.74) is 9.12. The van der Waals surface area contributed by atoms with Gasteiger partial charge in [-0.3, -0.25) is 4.79 Å². The lowest BCUT2D eigenvalue weighted by molar-refractivity contribution is 0.100. The highest BCUT2D eigenvalue weighted by molar-refractivity contribution is 6.04. The number of carbonyl (C=O) groups excluding carboxylic acids is 1. The Morgan fingerprint density at radius 3 is 2.38 bits per heavy atom. The quantitative estimate of drug-likeness (QED) is 0.608. The summed E-state index contributed by atoms with van der Waals surface area (Å²) in [5.74, 6) is -0.166. The monoisotopic (exact) mass is 345 g/mol. The fourth-order valence-corrected chi connectivity index (χ4v) is 3.09. The summed E-state index contributed by atoms with van der Waals surface area (Å²) in [7, 11) is 0. The van der Waals surface area contributed by atoms with Crippen LogP contribution in [0.25, 0.3) is 22.4 Å². The van der Waals surface area contributed by atoms with Crippen molar-refractivity contribution in [3.8, 4) is 11.4 Å². The smallest absolute Gasteiger partial charge is 0.250 e. The number of halogens is 1. The van der Waals surface area contributed by atoms with Gasteiger partial charge in [0.15, 0.2) is 0 Å². The van der Waals surface area contributed by atoms with Crippen LogP contribution in [-0.4, -0.2) is 15.5 Å². The van der Waals surface area contributed by atoms with Crippen molar-refractivity contribution in [2.75, 3.05) is 0 Å². The van der Waals surface area contributed by atoms with Crippen LogP contribution in [0.4, 0.5) is 4.39 Å². The number of hydrogen-bond acceptors (Lipinski definition) is 2. The number of para-hydroxylation sites is 1. The Bertz CT molecular complexity index is 1090. The van der Waals surface area contributed by atoms with Crippen LogP contribution in [0, 0.1) is 5.82 Å². The zero-order valence-corrected chi connectivity index (χ0v) is 13.9. The lowest BCUT2D eigenvalue weighted by atomic mass is 10.1. The van der Waals surface area contributed by atoms with Crippen LogP contribution in [0.3, 0.4) is 0 Å². The molecule has 4 nitrogen and oxygen atoms in total. The number of benzene rings is 3. The van der Waals surface area contributed by atoms with E-state index in [1.165, 1.54) is 12.1 Å². The van der Waals surface area contributed by atoms with Gasteiger partial charge in [-0.2, -0.15) is 0 Å². The van der Waals surface area contributed by atoms with E-state index in [0.717, 1.165) is 16.6 Å². The second kappa shape index (κ2) is 6.44. The highest BCUT2D eigenvalue weighted by Gasteiger charge is 2.17. The molecule has 0 unspecified atom stereocenters. The van der Waals surface area contributed by atoms with E-state index >= 15 is 0 Å². The van der Waals surface area contributed by atoms with Crippen molar-refractivity contribution in [2.24, 2.45) is 5.73 Å². The SMILES string of the molecule is NC(=O)c1cccc2c1nc(-c1ccc(F)cc1)n2Cc1ccccc1. The predicted molar refractivity (Wildman–Crippen MR) is 99.2 cm³/mol. The van der Waals surface area contributed by atoms with Gasteiger partial charge in [0.1, 0.15) is 17.2 Å². The van der Waals surface area contributed by atoms with E-state index in [4.69, 9.17) is 5.73 Å². The van der Waals surface area contributed by atoms with Gasteiger partial charge in [-0.05, 0) is 42.0 Å². The summed E-state index contributed by atoms with van der Waals surface area (Å²) in [5, 5.41) is 0. The van der Waals surface area contributed by atoms with Crippen LogP contribution in [0.2, 0.25) is 0 Å². The van der Waals surface area contributed by atoms with Crippen LogP contribution in [0.5, 0.6) is 0 Å². The van der Waals surface area contributed by atoms with Gasteiger partial charge in [-0.15, -0.1) is 0 Å². The summed E-state index contributed by atoms with van der Waals surface area (Å²) < 4.78 is 15.4. The number of aromatic nitrogens is 2. The van der Waals surface area contributed by atoms with Crippen LogP contribution < -0.4 is 5.73 Å². The van der Waals surface area contributed by atoms with E-state index in [9.17, 15) is 9.18 Å². The Morgan fingerprint density at radius 2 is 1.69 bits per heavy atom. The first-order valence-electron chi connectivity index (χ1n) is 8.22. The maximum atomic E-state index is 13.3. The number of fused-ring (bicyclic) bond motifs is 1. The Morgan fingerprint density at radius 1 is 0.962 bits per heavy atom. The van der Waals surface area contributed by atoms with Gasteiger partial charge in [0, 0.05) is 12.1 Å². The summed E-state index contributed by atoms with van der Waals surface area (Å²) in [6, 6.07) is 21.5. The number of primary amides is 1. The first-order valence-corrected chi connectivity index (χ1v) is 8.22. The van der Waals surface area contributed by atoms with Crippen molar-refractivity contribution < 1.29 is 9.18 Å².